The van der Waals surface area contributed by atoms with Crippen LogP contribution in [0.2, 0.25) is 0 Å². The van der Waals surface area contributed by atoms with Gasteiger partial charge in [0.15, 0.2) is 0 Å². The molecule has 0 heterocycles. The van der Waals surface area contributed by atoms with Gasteiger partial charge in [0, 0.05) is 18.3 Å². The summed E-state index contributed by atoms with van der Waals surface area (Å²) >= 11 is 5.44. The second-order valence-corrected chi connectivity index (χ2v) is 2.61. The zero-order chi connectivity index (χ0) is 8.53. The molecule has 0 spiro atoms. The van der Waals surface area contributed by atoms with Crippen LogP contribution in [0, 0.1) is 0 Å². The summed E-state index contributed by atoms with van der Waals surface area (Å²) in [5, 5.41) is 9.90. The van der Waals surface area contributed by atoms with Gasteiger partial charge in [0.25, 0.3) is 0 Å². The third-order valence-corrected chi connectivity index (χ3v) is 1.47. The molecule has 4 heteroatoms. The van der Waals surface area contributed by atoms with E-state index >= 15 is 0 Å². The average molecular weight is 215 g/mol. The number of carbonyl (C=O) groups excluding carboxylic acids is 1. The second-order valence-electron chi connectivity index (χ2n) is 2.23. The Balaban J connectivity index is 0. The smallest absolute Gasteiger partial charge is 0.550 e. The van der Waals surface area contributed by atoms with Crippen LogP contribution in [0.3, 0.4) is 0 Å². The van der Waals surface area contributed by atoms with Gasteiger partial charge in [0.1, 0.15) is 0 Å². The first-order valence-corrected chi connectivity index (χ1v) is 4.21. The van der Waals surface area contributed by atoms with E-state index in [9.17, 15) is 9.90 Å². The van der Waals surface area contributed by atoms with Crippen molar-refractivity contribution in [3.8, 4) is 0 Å². The molecule has 0 unspecified atom stereocenters. The normalized spacial score (nSPS) is 9.75. The van der Waals surface area contributed by atoms with Crippen molar-refractivity contribution in [2.75, 3.05) is 5.88 Å². The molecule has 0 aromatic rings. The Hall–Kier alpha value is 1.14. The molecule has 0 aromatic carbocycles. The molecule has 0 aliphatic rings. The van der Waals surface area contributed by atoms with E-state index in [-0.39, 0.29) is 57.8 Å². The Kier molecular flexibility index (Phi) is 15.8. The molecule has 0 bridgehead atoms. The third kappa shape index (κ3) is 13.7. The molecule has 0 saturated heterocycles. The van der Waals surface area contributed by atoms with Gasteiger partial charge in [-0.2, -0.15) is 0 Å². The number of rotatable bonds is 6. The van der Waals surface area contributed by atoms with Crippen molar-refractivity contribution in [1.82, 2.24) is 0 Å². The van der Waals surface area contributed by atoms with Crippen LogP contribution in [0.25, 0.3) is 0 Å². The van der Waals surface area contributed by atoms with Crippen molar-refractivity contribution >= 4 is 17.6 Å². The monoisotopic (exact) mass is 214 g/mol. The number of carboxylic acids is 1. The van der Waals surface area contributed by atoms with Crippen LogP contribution in [-0.2, 0) is 4.79 Å². The summed E-state index contributed by atoms with van der Waals surface area (Å²) in [6.45, 7) is 0. The summed E-state index contributed by atoms with van der Waals surface area (Å²) < 4.78 is 0. The maximum Gasteiger partial charge on any atom is 1.00 e. The van der Waals surface area contributed by atoms with Gasteiger partial charge >= 0.3 is 51.4 Å². The molecule has 0 aliphatic heterocycles. The number of halogens is 1. The number of allylic oxidation sites excluding steroid dienone is 1. The SMILES string of the molecule is O=C([O-])C/C=C/CCCCCl.[K+]. The van der Waals surface area contributed by atoms with Gasteiger partial charge in [-0.05, 0) is 19.3 Å². The Morgan fingerprint density at radius 3 is 2.50 bits per heavy atom. The first-order chi connectivity index (χ1) is 5.27. The van der Waals surface area contributed by atoms with Crippen LogP contribution in [0.15, 0.2) is 12.2 Å². The number of alkyl halides is 1. The zero-order valence-corrected chi connectivity index (χ0v) is 11.3. The van der Waals surface area contributed by atoms with Crippen molar-refractivity contribution in [3.05, 3.63) is 12.2 Å². The number of unbranched alkanes of at least 4 members (excludes halogenated alkanes) is 2. The molecule has 0 atom stereocenters. The molecule has 0 aromatic heterocycles. The Morgan fingerprint density at radius 2 is 2.00 bits per heavy atom. The Bertz CT molecular complexity index is 137. The Labute approximate surface area is 121 Å². The summed E-state index contributed by atoms with van der Waals surface area (Å²) in [6.07, 6.45) is 6.39. The van der Waals surface area contributed by atoms with Crippen molar-refractivity contribution in [2.45, 2.75) is 25.7 Å². The summed E-state index contributed by atoms with van der Waals surface area (Å²) in [4.78, 5) is 9.90. The fourth-order valence-electron chi connectivity index (χ4n) is 0.654. The van der Waals surface area contributed by atoms with Crippen LogP contribution in [0.5, 0.6) is 0 Å². The van der Waals surface area contributed by atoms with Crippen LogP contribution < -0.4 is 56.5 Å². The first kappa shape index (κ1) is 15.6. The van der Waals surface area contributed by atoms with Crippen molar-refractivity contribution < 1.29 is 61.3 Å². The van der Waals surface area contributed by atoms with Crippen LogP contribution >= 0.6 is 11.6 Å². The Morgan fingerprint density at radius 1 is 1.33 bits per heavy atom. The van der Waals surface area contributed by atoms with Gasteiger partial charge in [0.05, 0.1) is 0 Å². The summed E-state index contributed by atoms with van der Waals surface area (Å²) in [5.74, 6) is -0.354. The predicted molar refractivity (Wildman–Crippen MR) is 43.3 cm³/mol. The minimum Gasteiger partial charge on any atom is -0.550 e. The fourth-order valence-corrected chi connectivity index (χ4v) is 0.843. The van der Waals surface area contributed by atoms with Crippen LogP contribution in [0.4, 0.5) is 0 Å². The summed E-state index contributed by atoms with van der Waals surface area (Å²) in [7, 11) is 0. The maximum atomic E-state index is 9.90. The molecule has 0 radical (unpaired) electrons. The largest absolute Gasteiger partial charge is 1.00 e. The molecular formula is C8H12ClKO2. The van der Waals surface area contributed by atoms with Gasteiger partial charge < -0.3 is 9.90 Å². The number of carbonyl (C=O) groups is 1. The van der Waals surface area contributed by atoms with Crippen molar-refractivity contribution in [3.63, 3.8) is 0 Å². The topological polar surface area (TPSA) is 40.1 Å². The van der Waals surface area contributed by atoms with E-state index < -0.39 is 5.97 Å². The maximum absolute atomic E-state index is 9.90. The molecule has 0 saturated carbocycles. The molecule has 12 heavy (non-hydrogen) atoms. The summed E-state index contributed by atoms with van der Waals surface area (Å²) in [5.41, 5.74) is 0. The van der Waals surface area contributed by atoms with Gasteiger partial charge in [-0.1, -0.05) is 12.2 Å². The van der Waals surface area contributed by atoms with Gasteiger partial charge in [-0.15, -0.1) is 11.6 Å². The van der Waals surface area contributed by atoms with E-state index in [1.54, 1.807) is 6.08 Å². The number of hydrogen-bond donors (Lipinski definition) is 0. The van der Waals surface area contributed by atoms with E-state index in [0.29, 0.717) is 5.88 Å². The average Bonchev–Trinajstić information content (AvgIpc) is 1.96. The van der Waals surface area contributed by atoms with Crippen LogP contribution in [-0.4, -0.2) is 11.8 Å². The molecule has 0 rings (SSSR count). The van der Waals surface area contributed by atoms with E-state index in [2.05, 4.69) is 0 Å². The van der Waals surface area contributed by atoms with Crippen molar-refractivity contribution in [2.24, 2.45) is 0 Å². The molecule has 64 valence electrons. The zero-order valence-electron chi connectivity index (χ0n) is 7.38. The molecular weight excluding hydrogens is 203 g/mol. The molecule has 0 N–H and O–H groups in total. The minimum atomic E-state index is -1.03. The fraction of sp³-hybridized carbons (Fsp3) is 0.625. The number of aliphatic carboxylic acids is 1. The second kappa shape index (κ2) is 12.1. The first-order valence-electron chi connectivity index (χ1n) is 3.68. The standard InChI is InChI=1S/C8H13ClO2.K/c9-7-5-3-1-2-4-6-8(10)11;/h2,4H,1,3,5-7H2,(H,10,11);/q;+1/p-1/b4-2+;. The number of hydrogen-bond acceptors (Lipinski definition) is 2. The quantitative estimate of drug-likeness (QED) is 0.224. The van der Waals surface area contributed by atoms with E-state index in [0.717, 1.165) is 19.3 Å². The van der Waals surface area contributed by atoms with E-state index in [1.807, 2.05) is 6.08 Å². The van der Waals surface area contributed by atoms with Crippen LogP contribution in [0.1, 0.15) is 25.7 Å². The van der Waals surface area contributed by atoms with Gasteiger partial charge in [0.2, 0.25) is 0 Å². The third-order valence-electron chi connectivity index (χ3n) is 1.21. The summed E-state index contributed by atoms with van der Waals surface area (Å²) in [6, 6.07) is 0. The van der Waals surface area contributed by atoms with E-state index in [1.165, 1.54) is 0 Å². The van der Waals surface area contributed by atoms with Gasteiger partial charge in [-0.25, -0.2) is 0 Å². The van der Waals surface area contributed by atoms with Gasteiger partial charge in [-0.3, -0.25) is 0 Å². The molecule has 0 amide bonds. The van der Waals surface area contributed by atoms with Crippen molar-refractivity contribution in [1.29, 1.82) is 0 Å². The molecule has 2 nitrogen and oxygen atoms in total. The molecule has 0 fully saturated rings. The predicted octanol–water partition coefficient (Wildman–Crippen LogP) is -1.90. The van der Waals surface area contributed by atoms with E-state index in [4.69, 9.17) is 11.6 Å². The molecule has 0 aliphatic carbocycles. The minimum absolute atomic E-state index is 0. The number of carboxylic acid groups (broad SMARTS) is 1.